The van der Waals surface area contributed by atoms with Gasteiger partial charge in [-0.15, -0.1) is 0 Å². The van der Waals surface area contributed by atoms with Gasteiger partial charge in [0.05, 0.1) is 46.2 Å². The highest BCUT2D eigenvalue weighted by molar-refractivity contribution is 5.94. The summed E-state index contributed by atoms with van der Waals surface area (Å²) in [6.07, 6.45) is 13.1. The van der Waals surface area contributed by atoms with E-state index in [-0.39, 0.29) is 35.4 Å². The van der Waals surface area contributed by atoms with Crippen molar-refractivity contribution in [1.29, 1.82) is 0 Å². The summed E-state index contributed by atoms with van der Waals surface area (Å²) >= 11 is 0. The number of benzene rings is 8. The quantitative estimate of drug-likeness (QED) is 0.0147. The second kappa shape index (κ2) is 50.6. The molecule has 19 nitrogen and oxygen atoms in total. The van der Waals surface area contributed by atoms with E-state index in [1.807, 2.05) is 78.2 Å². The number of Topliss-reactive ketones (excluding diaryl/α,β-unsaturated/α-hetero) is 1. The number of piperidine rings is 4. The molecule has 6 N–H and O–H groups in total. The number of anilines is 4. The maximum atomic E-state index is 12.9. The lowest BCUT2D eigenvalue weighted by molar-refractivity contribution is -0.121. The van der Waals surface area contributed by atoms with Crippen molar-refractivity contribution < 1.29 is 53.4 Å². The molecule has 8 aromatic carbocycles. The van der Waals surface area contributed by atoms with Crippen LogP contribution in [0.3, 0.4) is 0 Å². The molecule has 19 heteroatoms. The summed E-state index contributed by atoms with van der Waals surface area (Å²) in [5.74, 6) is 2.31. The van der Waals surface area contributed by atoms with Gasteiger partial charge < -0.3 is 79.5 Å². The van der Waals surface area contributed by atoms with Gasteiger partial charge in [-0.1, -0.05) is 135 Å². The number of ketones is 1. The first-order valence-corrected chi connectivity index (χ1v) is 39.9. The standard InChI is InChI=1S/C31H46N2O6.C22H28N2O2.C19H24N2O.C13H17NO.C6H7NO/c1-3-31(34)33(29-14-17-32(18-15-29)16-13-27-7-5-4-6-8-27)28-9-11-30(12-10-28)39-26-25-38-24-23-37-22-21-36-20-19-35-2;1-2-22(26)24(19-8-10-21(25)11-9-19)20-13-16-23(17-14-20)15-12-18-6-4-3-5-7-18;22-19-8-6-17(7-9-19)20-18-11-14-21(15-12-18)13-10-16-4-2-1-3-5-16;15-13-7-10-14(11-8-13)9-6-12-4-2-1-3-5-12;7-5-1-3-6(8)4-2-5/h4-12,29H,3,13-26H2,1-2H3;3-11,20,25H,2,12-17H2,1H3;1-9,18,20,22H,10-15H2;1-5H,6-11H2;1-4,8H,7H2. The third kappa shape index (κ3) is 33.2. The van der Waals surface area contributed by atoms with Gasteiger partial charge in [-0.25, -0.2) is 0 Å². The van der Waals surface area contributed by atoms with Gasteiger partial charge in [-0.2, -0.15) is 0 Å². The number of methoxy groups -OCH3 is 1. The number of nitrogens with two attached hydrogens (primary N) is 1. The molecule has 4 aliphatic rings. The molecular formula is C91H122N8O11. The van der Waals surface area contributed by atoms with Crippen molar-refractivity contribution in [1.82, 2.24) is 19.6 Å². The van der Waals surface area contributed by atoms with Crippen LogP contribution in [0.4, 0.5) is 22.7 Å². The fraction of sp³-hybridized carbons (Fsp3) is 0.440. The smallest absolute Gasteiger partial charge is 0.226 e. The Morgan fingerprint density at radius 1 is 0.409 bits per heavy atom. The summed E-state index contributed by atoms with van der Waals surface area (Å²) in [5, 5.41) is 31.1. The molecule has 110 heavy (non-hydrogen) atoms. The SMILES string of the molecule is CCC(=O)N(c1ccc(O)cc1)C1CCN(CCc2ccccc2)CC1.CCC(=O)N(c1ccc(OCCOCCOCCOCCOC)cc1)C1CCN(CCc2ccccc2)CC1.Nc1ccc(O)cc1.O=C1CCN(CCc2ccccc2)CC1.Oc1ccc(NC2CCN(CCc3ccccc3)CC2)cc1. The lowest BCUT2D eigenvalue weighted by atomic mass is 10.0. The molecule has 4 fully saturated rings. The summed E-state index contributed by atoms with van der Waals surface area (Å²) in [4.78, 5) is 50.4. The number of likely N-dealkylation sites (tertiary alicyclic amines) is 4. The van der Waals surface area contributed by atoms with E-state index in [1.54, 1.807) is 55.6 Å². The third-order valence-electron chi connectivity index (χ3n) is 20.3. The van der Waals surface area contributed by atoms with Crippen LogP contribution in [0.25, 0.3) is 0 Å². The summed E-state index contributed by atoms with van der Waals surface area (Å²) in [7, 11) is 1.65. The van der Waals surface area contributed by atoms with Gasteiger partial charge in [-0.3, -0.25) is 14.4 Å². The summed E-state index contributed by atoms with van der Waals surface area (Å²) < 4.78 is 27.1. The van der Waals surface area contributed by atoms with E-state index in [4.69, 9.17) is 34.5 Å². The molecule has 0 bridgehead atoms. The van der Waals surface area contributed by atoms with E-state index >= 15 is 0 Å². The minimum absolute atomic E-state index is 0.151. The summed E-state index contributed by atoms with van der Waals surface area (Å²) in [6.45, 7) is 20.7. The Labute approximate surface area is 654 Å². The van der Waals surface area contributed by atoms with Crippen LogP contribution in [0.5, 0.6) is 23.0 Å². The molecule has 0 aromatic heterocycles. The second-order valence-corrected chi connectivity index (χ2v) is 28.3. The highest BCUT2D eigenvalue weighted by atomic mass is 16.6. The molecule has 0 radical (unpaired) electrons. The number of aromatic hydroxyl groups is 3. The van der Waals surface area contributed by atoms with Gasteiger partial charge >= 0.3 is 0 Å². The van der Waals surface area contributed by atoms with Crippen LogP contribution < -0.4 is 25.6 Å². The monoisotopic (exact) mass is 1500 g/mol. The zero-order chi connectivity index (χ0) is 77.6. The van der Waals surface area contributed by atoms with Crippen LogP contribution in [0.15, 0.2) is 218 Å². The van der Waals surface area contributed by atoms with Crippen molar-refractivity contribution in [2.24, 2.45) is 0 Å². The minimum atomic E-state index is 0.151. The molecular weight excluding hydrogens is 1380 g/mol. The molecule has 12 rings (SSSR count). The molecule has 0 saturated carbocycles. The van der Waals surface area contributed by atoms with Crippen LogP contribution in [0.1, 0.15) is 100 Å². The predicted octanol–water partition coefficient (Wildman–Crippen LogP) is 14.4. The number of hydrogen-bond acceptors (Lipinski definition) is 17. The number of phenols is 3. The maximum absolute atomic E-state index is 12.9. The van der Waals surface area contributed by atoms with E-state index in [0.717, 1.165) is 166 Å². The number of nitrogen functional groups attached to an aromatic ring is 1. The second-order valence-electron chi connectivity index (χ2n) is 28.3. The van der Waals surface area contributed by atoms with Crippen molar-refractivity contribution >= 4 is 40.3 Å². The Hall–Kier alpha value is -9.15. The molecule has 592 valence electrons. The van der Waals surface area contributed by atoms with Crippen LogP contribution in [0.2, 0.25) is 0 Å². The van der Waals surface area contributed by atoms with Crippen LogP contribution in [0, 0.1) is 0 Å². The van der Waals surface area contributed by atoms with Crippen molar-refractivity contribution in [2.45, 2.75) is 122 Å². The maximum Gasteiger partial charge on any atom is 0.226 e. The number of hydrogen-bond donors (Lipinski definition) is 5. The van der Waals surface area contributed by atoms with E-state index in [2.05, 4.69) is 140 Å². The van der Waals surface area contributed by atoms with Crippen molar-refractivity contribution in [3.05, 3.63) is 241 Å². The largest absolute Gasteiger partial charge is 0.508 e. The lowest BCUT2D eigenvalue weighted by Crippen LogP contribution is -2.47. The molecule has 4 saturated heterocycles. The van der Waals surface area contributed by atoms with Gasteiger partial charge in [0, 0.05) is 152 Å². The van der Waals surface area contributed by atoms with Gasteiger partial charge in [-0.05, 0) is 184 Å². The molecule has 0 atom stereocenters. The fourth-order valence-corrected chi connectivity index (χ4v) is 13.8. The van der Waals surface area contributed by atoms with Crippen molar-refractivity contribution in [3.8, 4) is 23.0 Å². The molecule has 4 heterocycles. The molecule has 0 aliphatic carbocycles. The van der Waals surface area contributed by atoms with Crippen molar-refractivity contribution in [3.63, 3.8) is 0 Å². The van der Waals surface area contributed by atoms with E-state index < -0.39 is 0 Å². The Morgan fingerprint density at radius 3 is 1.08 bits per heavy atom. The molecule has 0 unspecified atom stereocenters. The van der Waals surface area contributed by atoms with Gasteiger partial charge in [0.25, 0.3) is 0 Å². The van der Waals surface area contributed by atoms with Crippen LogP contribution in [-0.2, 0) is 59.0 Å². The minimum Gasteiger partial charge on any atom is -0.508 e. The van der Waals surface area contributed by atoms with E-state index in [0.29, 0.717) is 89.0 Å². The van der Waals surface area contributed by atoms with Crippen molar-refractivity contribution in [2.75, 3.05) is 159 Å². The number of phenolic OH excluding ortho intramolecular Hbond substituents is 3. The zero-order valence-electron chi connectivity index (χ0n) is 65.4. The highest BCUT2D eigenvalue weighted by Gasteiger charge is 2.30. The first kappa shape index (κ1) is 86.4. The number of nitrogens with zero attached hydrogens (tertiary/aromatic N) is 6. The van der Waals surface area contributed by atoms with Crippen LogP contribution >= 0.6 is 0 Å². The van der Waals surface area contributed by atoms with Gasteiger partial charge in [0.2, 0.25) is 11.8 Å². The Kier molecular flexibility index (Phi) is 39.8. The predicted molar refractivity (Wildman–Crippen MR) is 444 cm³/mol. The number of carbonyl (C=O) groups is 3. The third-order valence-corrected chi connectivity index (χ3v) is 20.3. The first-order chi connectivity index (χ1) is 53.8. The normalized spacial score (nSPS) is 15.2. The van der Waals surface area contributed by atoms with Gasteiger partial charge in [0.1, 0.15) is 35.4 Å². The number of ether oxygens (including phenoxy) is 5. The first-order valence-electron chi connectivity index (χ1n) is 39.9. The molecule has 2 amide bonds. The summed E-state index contributed by atoms with van der Waals surface area (Å²) in [5.41, 5.74) is 14.5. The fourth-order valence-electron chi connectivity index (χ4n) is 13.8. The number of nitrogens with one attached hydrogen (secondary N) is 1. The number of rotatable bonds is 33. The zero-order valence-corrected chi connectivity index (χ0v) is 65.4. The number of carbonyl (C=O) groups excluding carboxylic acids is 3. The van der Waals surface area contributed by atoms with Gasteiger partial charge in [0.15, 0.2) is 0 Å². The molecule has 8 aromatic rings. The lowest BCUT2D eigenvalue weighted by Gasteiger charge is -2.38. The van der Waals surface area contributed by atoms with E-state index in [1.165, 1.54) is 35.1 Å². The van der Waals surface area contributed by atoms with E-state index in [9.17, 15) is 24.6 Å². The van der Waals surface area contributed by atoms with Crippen LogP contribution in [-0.4, -0.2) is 209 Å². The molecule has 4 aliphatic heterocycles. The Bertz CT molecular complexity index is 3700. The Morgan fingerprint density at radius 2 is 0.727 bits per heavy atom. The average molecular weight is 1500 g/mol. The number of amides is 2. The summed E-state index contributed by atoms with van der Waals surface area (Å²) in [6, 6.07) is 72.1. The Balaban J connectivity index is 0.000000186. The topological polar surface area (TPSA) is 216 Å². The highest BCUT2D eigenvalue weighted by Crippen LogP contribution is 2.30. The molecule has 0 spiro atoms. The average Bonchev–Trinajstić information content (AvgIpc) is 0.820.